The molecule has 162 valence electrons. The number of nitrogens with one attached hydrogen (secondary N) is 1. The van der Waals surface area contributed by atoms with Gasteiger partial charge in [-0.15, -0.1) is 0 Å². The van der Waals surface area contributed by atoms with Gasteiger partial charge in [0.2, 0.25) is 10.0 Å². The van der Waals surface area contributed by atoms with Gasteiger partial charge in [-0.1, -0.05) is 24.6 Å². The van der Waals surface area contributed by atoms with Crippen LogP contribution < -0.4 is 10.1 Å². The van der Waals surface area contributed by atoms with Crippen molar-refractivity contribution >= 4 is 15.9 Å². The van der Waals surface area contributed by atoms with Crippen LogP contribution in [-0.2, 0) is 10.0 Å². The molecular formula is C23H30N2O4S. The number of benzene rings is 2. The maximum Gasteiger partial charge on any atom is 0.251 e. The number of hydrogen-bond acceptors (Lipinski definition) is 4. The Bertz CT molecular complexity index is 981. The number of carbonyl (C=O) groups is 1. The molecule has 1 saturated heterocycles. The third kappa shape index (κ3) is 5.02. The van der Waals surface area contributed by atoms with Crippen LogP contribution >= 0.6 is 0 Å². The van der Waals surface area contributed by atoms with Crippen molar-refractivity contribution in [3.05, 3.63) is 59.2 Å². The molecule has 7 heteroatoms. The molecule has 1 atom stereocenters. The van der Waals surface area contributed by atoms with Gasteiger partial charge in [0.1, 0.15) is 5.75 Å². The first-order chi connectivity index (χ1) is 14.3. The molecule has 3 rings (SSSR count). The SMILES string of the molecule is CCOc1ccc([C@@H](C)NC(=O)c2ccc(C)c(S(=O)(=O)N3CCCCC3)c2)cc1. The molecule has 0 spiro atoms. The van der Waals surface area contributed by atoms with E-state index in [0.29, 0.717) is 30.8 Å². The Morgan fingerprint density at radius 3 is 2.40 bits per heavy atom. The van der Waals surface area contributed by atoms with Gasteiger partial charge in [-0.25, -0.2) is 8.42 Å². The van der Waals surface area contributed by atoms with Crippen LogP contribution in [0.25, 0.3) is 0 Å². The Hall–Kier alpha value is -2.38. The predicted octanol–water partition coefficient (Wildman–Crippen LogP) is 4.06. The third-order valence-corrected chi connectivity index (χ3v) is 7.46. The number of ether oxygens (including phenoxy) is 1. The standard InChI is InChI=1S/C23H30N2O4S/c1-4-29-21-12-10-19(11-13-21)18(3)24-23(26)20-9-8-17(2)22(16-20)30(27,28)25-14-6-5-7-15-25/h8-13,16,18H,4-7,14-15H2,1-3H3,(H,24,26)/t18-/m1/s1. The number of piperidine rings is 1. The lowest BCUT2D eigenvalue weighted by atomic mass is 10.1. The maximum atomic E-state index is 13.1. The molecule has 2 aromatic carbocycles. The van der Waals surface area contributed by atoms with Crippen molar-refractivity contribution in [3.8, 4) is 5.75 Å². The molecule has 1 fully saturated rings. The number of sulfonamides is 1. The highest BCUT2D eigenvalue weighted by atomic mass is 32.2. The van der Waals surface area contributed by atoms with E-state index in [1.165, 1.54) is 10.4 Å². The Kier molecular flexibility index (Phi) is 7.15. The summed E-state index contributed by atoms with van der Waals surface area (Å²) in [7, 11) is -3.60. The van der Waals surface area contributed by atoms with Crippen LogP contribution in [0.2, 0.25) is 0 Å². The quantitative estimate of drug-likeness (QED) is 0.719. The monoisotopic (exact) mass is 430 g/mol. The van der Waals surface area contributed by atoms with Crippen LogP contribution in [0.1, 0.15) is 60.6 Å². The van der Waals surface area contributed by atoms with E-state index in [2.05, 4.69) is 5.32 Å². The summed E-state index contributed by atoms with van der Waals surface area (Å²) in [6.45, 7) is 7.26. The molecule has 1 heterocycles. The van der Waals surface area contributed by atoms with Crippen molar-refractivity contribution < 1.29 is 17.9 Å². The van der Waals surface area contributed by atoms with Crippen LogP contribution in [0.3, 0.4) is 0 Å². The highest BCUT2D eigenvalue weighted by molar-refractivity contribution is 7.89. The third-order valence-electron chi connectivity index (χ3n) is 5.42. The van der Waals surface area contributed by atoms with Crippen LogP contribution in [0.5, 0.6) is 5.75 Å². The van der Waals surface area contributed by atoms with E-state index in [9.17, 15) is 13.2 Å². The molecule has 0 unspecified atom stereocenters. The molecule has 30 heavy (non-hydrogen) atoms. The Labute approximate surface area is 179 Å². The van der Waals surface area contributed by atoms with Gasteiger partial charge in [0, 0.05) is 18.7 Å². The molecular weight excluding hydrogens is 400 g/mol. The Morgan fingerprint density at radius 2 is 1.77 bits per heavy atom. The molecule has 1 amide bonds. The van der Waals surface area contributed by atoms with Gasteiger partial charge in [0.05, 0.1) is 17.5 Å². The molecule has 0 aliphatic carbocycles. The molecule has 1 N–H and O–H groups in total. The lowest BCUT2D eigenvalue weighted by Crippen LogP contribution is -2.36. The van der Waals surface area contributed by atoms with E-state index in [-0.39, 0.29) is 16.8 Å². The van der Waals surface area contributed by atoms with E-state index >= 15 is 0 Å². The lowest BCUT2D eigenvalue weighted by Gasteiger charge is -2.26. The van der Waals surface area contributed by atoms with Crippen molar-refractivity contribution in [2.75, 3.05) is 19.7 Å². The number of aryl methyl sites for hydroxylation is 1. The fraction of sp³-hybridized carbons (Fsp3) is 0.435. The van der Waals surface area contributed by atoms with Crippen molar-refractivity contribution in [2.24, 2.45) is 0 Å². The second kappa shape index (κ2) is 9.62. The molecule has 1 aliphatic rings. The first kappa shape index (κ1) is 22.3. The highest BCUT2D eigenvalue weighted by Gasteiger charge is 2.28. The topological polar surface area (TPSA) is 75.7 Å². The van der Waals surface area contributed by atoms with Crippen LogP contribution in [0, 0.1) is 6.92 Å². The van der Waals surface area contributed by atoms with E-state index in [1.54, 1.807) is 19.1 Å². The number of hydrogen-bond donors (Lipinski definition) is 1. The van der Waals surface area contributed by atoms with Gasteiger partial charge in [-0.05, 0) is 69.0 Å². The summed E-state index contributed by atoms with van der Waals surface area (Å²) in [6.07, 6.45) is 2.80. The zero-order chi connectivity index (χ0) is 21.7. The fourth-order valence-corrected chi connectivity index (χ4v) is 5.41. The van der Waals surface area contributed by atoms with Crippen LogP contribution in [-0.4, -0.2) is 38.3 Å². The molecule has 0 saturated carbocycles. The van der Waals surface area contributed by atoms with E-state index < -0.39 is 10.0 Å². The minimum absolute atomic E-state index is 0.214. The van der Waals surface area contributed by atoms with Crippen molar-refractivity contribution in [3.63, 3.8) is 0 Å². The van der Waals surface area contributed by atoms with Crippen molar-refractivity contribution in [1.82, 2.24) is 9.62 Å². The molecule has 1 aliphatic heterocycles. The fourth-order valence-electron chi connectivity index (χ4n) is 3.65. The van der Waals surface area contributed by atoms with Gasteiger partial charge >= 0.3 is 0 Å². The van der Waals surface area contributed by atoms with E-state index in [4.69, 9.17) is 4.74 Å². The van der Waals surface area contributed by atoms with E-state index in [0.717, 1.165) is 30.6 Å². The minimum atomic E-state index is -3.60. The molecule has 0 radical (unpaired) electrons. The minimum Gasteiger partial charge on any atom is -0.494 e. The van der Waals surface area contributed by atoms with Gasteiger partial charge in [-0.2, -0.15) is 4.31 Å². The Morgan fingerprint density at radius 1 is 1.10 bits per heavy atom. The zero-order valence-electron chi connectivity index (χ0n) is 17.8. The second-order valence-corrected chi connectivity index (χ2v) is 9.55. The van der Waals surface area contributed by atoms with Gasteiger partial charge < -0.3 is 10.1 Å². The highest BCUT2D eigenvalue weighted by Crippen LogP contribution is 2.25. The van der Waals surface area contributed by atoms with E-state index in [1.807, 2.05) is 38.1 Å². The smallest absolute Gasteiger partial charge is 0.251 e. The Balaban J connectivity index is 1.77. The van der Waals surface area contributed by atoms with Gasteiger partial charge in [-0.3, -0.25) is 4.79 Å². The first-order valence-corrected chi connectivity index (χ1v) is 11.9. The van der Waals surface area contributed by atoms with Crippen LogP contribution in [0.15, 0.2) is 47.4 Å². The number of amides is 1. The molecule has 6 nitrogen and oxygen atoms in total. The van der Waals surface area contributed by atoms with Gasteiger partial charge in [0.25, 0.3) is 5.91 Å². The lowest BCUT2D eigenvalue weighted by molar-refractivity contribution is 0.0939. The summed E-state index contributed by atoms with van der Waals surface area (Å²) in [4.78, 5) is 13.0. The average molecular weight is 431 g/mol. The second-order valence-electron chi connectivity index (χ2n) is 7.64. The predicted molar refractivity (Wildman–Crippen MR) is 117 cm³/mol. The maximum absolute atomic E-state index is 13.1. The van der Waals surface area contributed by atoms with Crippen LogP contribution in [0.4, 0.5) is 0 Å². The summed E-state index contributed by atoms with van der Waals surface area (Å²) < 4.78 is 33.2. The number of carbonyl (C=O) groups excluding carboxylic acids is 1. The zero-order valence-corrected chi connectivity index (χ0v) is 18.7. The normalized spacial score (nSPS) is 16.1. The summed E-state index contributed by atoms with van der Waals surface area (Å²) in [5.74, 6) is 0.484. The summed E-state index contributed by atoms with van der Waals surface area (Å²) in [6, 6.07) is 12.2. The summed E-state index contributed by atoms with van der Waals surface area (Å²) in [5.41, 5.74) is 1.94. The average Bonchev–Trinajstić information content (AvgIpc) is 2.75. The van der Waals surface area contributed by atoms with Gasteiger partial charge in [0.15, 0.2) is 0 Å². The first-order valence-electron chi connectivity index (χ1n) is 10.5. The molecule has 0 aromatic heterocycles. The summed E-state index contributed by atoms with van der Waals surface area (Å²) in [5, 5.41) is 2.95. The molecule has 2 aromatic rings. The van der Waals surface area contributed by atoms with Crippen molar-refractivity contribution in [2.45, 2.75) is 51.0 Å². The molecule has 0 bridgehead atoms. The number of nitrogens with zero attached hydrogens (tertiary/aromatic N) is 1. The largest absolute Gasteiger partial charge is 0.494 e. The number of rotatable bonds is 7. The van der Waals surface area contributed by atoms with Crippen molar-refractivity contribution in [1.29, 1.82) is 0 Å². The summed E-state index contributed by atoms with van der Waals surface area (Å²) >= 11 is 0.